The second-order valence-electron chi connectivity index (χ2n) is 7.37. The number of carbonyl (C=O) groups is 1. The number of benzene rings is 1. The van der Waals surface area contributed by atoms with Crippen LogP contribution in [-0.2, 0) is 4.79 Å². The SMILES string of the molecule is CC[C@@]12CCCN1c1nc(-n3ccnc3-c3ccccc3)ncc1N(C)C2=O. The van der Waals surface area contributed by atoms with Crippen LogP contribution < -0.4 is 9.80 Å². The molecule has 2 aliphatic heterocycles. The molecule has 0 saturated carbocycles. The van der Waals surface area contributed by atoms with Crippen molar-refractivity contribution >= 4 is 17.4 Å². The van der Waals surface area contributed by atoms with Crippen molar-refractivity contribution in [2.75, 3.05) is 23.4 Å². The highest BCUT2D eigenvalue weighted by atomic mass is 16.2. The first-order valence-electron chi connectivity index (χ1n) is 9.68. The largest absolute Gasteiger partial charge is 0.340 e. The average Bonchev–Trinajstić information content (AvgIpc) is 3.40. The molecule has 5 rings (SSSR count). The Kier molecular flexibility index (Phi) is 3.72. The maximum absolute atomic E-state index is 13.1. The summed E-state index contributed by atoms with van der Waals surface area (Å²) in [7, 11) is 1.82. The number of carbonyl (C=O) groups excluding carboxylic acids is 1. The zero-order valence-electron chi connectivity index (χ0n) is 16.0. The highest BCUT2D eigenvalue weighted by Crippen LogP contribution is 2.45. The molecule has 0 unspecified atom stereocenters. The fraction of sp³-hybridized carbons (Fsp3) is 0.333. The normalized spacial score (nSPS) is 21.0. The minimum absolute atomic E-state index is 0.143. The van der Waals surface area contributed by atoms with Gasteiger partial charge in [0.25, 0.3) is 5.91 Å². The van der Waals surface area contributed by atoms with Crippen molar-refractivity contribution in [3.63, 3.8) is 0 Å². The molecule has 0 radical (unpaired) electrons. The number of anilines is 2. The number of fused-ring (bicyclic) bond motifs is 3. The number of hydrogen-bond acceptors (Lipinski definition) is 5. The van der Waals surface area contributed by atoms with Crippen LogP contribution in [0.2, 0.25) is 0 Å². The molecule has 1 atom stereocenters. The molecule has 0 N–H and O–H groups in total. The smallest absolute Gasteiger partial charge is 0.252 e. The highest BCUT2D eigenvalue weighted by Gasteiger charge is 2.52. The Hall–Kier alpha value is -3.22. The second-order valence-corrected chi connectivity index (χ2v) is 7.37. The topological polar surface area (TPSA) is 67.2 Å². The molecule has 0 spiro atoms. The molecule has 1 saturated heterocycles. The number of likely N-dealkylation sites (N-methyl/N-ethyl adjacent to an activating group) is 1. The monoisotopic (exact) mass is 374 g/mol. The van der Waals surface area contributed by atoms with Crippen LogP contribution in [0.25, 0.3) is 17.3 Å². The van der Waals surface area contributed by atoms with Gasteiger partial charge in [-0.2, -0.15) is 4.98 Å². The maximum Gasteiger partial charge on any atom is 0.252 e. The first-order chi connectivity index (χ1) is 13.7. The van der Waals surface area contributed by atoms with Crippen LogP contribution in [0, 0.1) is 0 Å². The van der Waals surface area contributed by atoms with Gasteiger partial charge in [-0.25, -0.2) is 9.97 Å². The number of aromatic nitrogens is 4. The number of hydrogen-bond donors (Lipinski definition) is 0. The first-order valence-corrected chi connectivity index (χ1v) is 9.68. The molecular formula is C21H22N6O. The van der Waals surface area contributed by atoms with E-state index >= 15 is 0 Å². The van der Waals surface area contributed by atoms with Crippen molar-refractivity contribution in [3.05, 3.63) is 48.9 Å². The van der Waals surface area contributed by atoms with Gasteiger partial charge in [0.15, 0.2) is 5.82 Å². The van der Waals surface area contributed by atoms with E-state index in [0.29, 0.717) is 5.95 Å². The molecule has 3 aromatic rings. The van der Waals surface area contributed by atoms with Gasteiger partial charge in [-0.15, -0.1) is 0 Å². The third-order valence-corrected chi connectivity index (χ3v) is 6.02. The van der Waals surface area contributed by atoms with Gasteiger partial charge in [0, 0.05) is 31.5 Å². The summed E-state index contributed by atoms with van der Waals surface area (Å²) in [6.07, 6.45) is 8.02. The van der Waals surface area contributed by atoms with Crippen molar-refractivity contribution in [3.8, 4) is 17.3 Å². The molecule has 7 heteroatoms. The predicted octanol–water partition coefficient (Wildman–Crippen LogP) is 3.05. The lowest BCUT2D eigenvalue weighted by Gasteiger charge is -2.45. The fourth-order valence-electron chi connectivity index (χ4n) is 4.52. The van der Waals surface area contributed by atoms with Gasteiger partial charge in [0.1, 0.15) is 17.1 Å². The summed E-state index contributed by atoms with van der Waals surface area (Å²) >= 11 is 0. The lowest BCUT2D eigenvalue weighted by molar-refractivity contribution is -0.123. The number of amides is 1. The summed E-state index contributed by atoms with van der Waals surface area (Å²) in [5, 5.41) is 0. The third-order valence-electron chi connectivity index (χ3n) is 6.02. The van der Waals surface area contributed by atoms with Crippen molar-refractivity contribution in [1.29, 1.82) is 0 Å². The van der Waals surface area contributed by atoms with Crippen LogP contribution in [0.4, 0.5) is 11.5 Å². The summed E-state index contributed by atoms with van der Waals surface area (Å²) in [5.74, 6) is 2.34. The van der Waals surface area contributed by atoms with Gasteiger partial charge >= 0.3 is 0 Å². The van der Waals surface area contributed by atoms with E-state index in [4.69, 9.17) is 4.98 Å². The van der Waals surface area contributed by atoms with Crippen LogP contribution in [0.15, 0.2) is 48.9 Å². The minimum atomic E-state index is -0.482. The summed E-state index contributed by atoms with van der Waals surface area (Å²) in [6, 6.07) is 10.0. The van der Waals surface area contributed by atoms with E-state index in [1.807, 2.05) is 48.1 Å². The molecule has 0 aliphatic carbocycles. The number of imidazole rings is 1. The maximum atomic E-state index is 13.1. The summed E-state index contributed by atoms with van der Waals surface area (Å²) < 4.78 is 1.90. The Morgan fingerprint density at radius 3 is 2.79 bits per heavy atom. The van der Waals surface area contributed by atoms with Crippen molar-refractivity contribution < 1.29 is 4.79 Å². The molecular weight excluding hydrogens is 352 g/mol. The standard InChI is InChI=1S/C21H22N6O/c1-3-21-10-7-12-27(21)18-16(25(2)19(21)28)14-23-20(24-18)26-13-11-22-17(26)15-8-5-4-6-9-15/h4-6,8-9,11,13-14H,3,7,10,12H2,1-2H3/t21-/m0/s1. The van der Waals surface area contributed by atoms with E-state index in [2.05, 4.69) is 21.8 Å². The Morgan fingerprint density at radius 2 is 2.00 bits per heavy atom. The van der Waals surface area contributed by atoms with Gasteiger partial charge < -0.3 is 9.80 Å². The molecule has 1 fully saturated rings. The zero-order chi connectivity index (χ0) is 19.3. The van der Waals surface area contributed by atoms with Crippen molar-refractivity contribution in [1.82, 2.24) is 19.5 Å². The van der Waals surface area contributed by atoms with Crippen molar-refractivity contribution in [2.24, 2.45) is 0 Å². The van der Waals surface area contributed by atoms with Crippen LogP contribution in [-0.4, -0.2) is 44.6 Å². The highest BCUT2D eigenvalue weighted by molar-refractivity contribution is 6.07. The molecule has 4 heterocycles. The quantitative estimate of drug-likeness (QED) is 0.705. The Balaban J connectivity index is 1.65. The zero-order valence-corrected chi connectivity index (χ0v) is 16.0. The molecule has 1 aromatic carbocycles. The van der Waals surface area contributed by atoms with E-state index in [-0.39, 0.29) is 5.91 Å². The summed E-state index contributed by atoms with van der Waals surface area (Å²) in [5.41, 5.74) is 1.29. The van der Waals surface area contributed by atoms with E-state index < -0.39 is 5.54 Å². The summed E-state index contributed by atoms with van der Waals surface area (Å²) in [4.78, 5) is 31.0. The van der Waals surface area contributed by atoms with Crippen LogP contribution in [0.1, 0.15) is 26.2 Å². The van der Waals surface area contributed by atoms with E-state index in [1.54, 1.807) is 17.3 Å². The second kappa shape index (κ2) is 6.15. The van der Waals surface area contributed by atoms with E-state index in [9.17, 15) is 4.79 Å². The molecule has 142 valence electrons. The Bertz CT molecular complexity index is 1050. The lowest BCUT2D eigenvalue weighted by atomic mass is 9.89. The van der Waals surface area contributed by atoms with Crippen molar-refractivity contribution in [2.45, 2.75) is 31.7 Å². The minimum Gasteiger partial charge on any atom is -0.340 e. The van der Waals surface area contributed by atoms with E-state index in [1.165, 1.54) is 0 Å². The fourth-order valence-corrected chi connectivity index (χ4v) is 4.52. The van der Waals surface area contributed by atoms with Gasteiger partial charge in [0.05, 0.1) is 6.20 Å². The van der Waals surface area contributed by atoms with Crippen LogP contribution in [0.3, 0.4) is 0 Å². The van der Waals surface area contributed by atoms with Gasteiger partial charge in [-0.05, 0) is 19.3 Å². The predicted molar refractivity (Wildman–Crippen MR) is 108 cm³/mol. The third kappa shape index (κ3) is 2.22. The molecule has 0 bridgehead atoms. The van der Waals surface area contributed by atoms with Crippen LogP contribution in [0.5, 0.6) is 0 Å². The number of nitrogens with zero attached hydrogens (tertiary/aromatic N) is 6. The van der Waals surface area contributed by atoms with Crippen LogP contribution >= 0.6 is 0 Å². The molecule has 2 aliphatic rings. The molecule has 1 amide bonds. The Morgan fingerprint density at radius 1 is 1.18 bits per heavy atom. The van der Waals surface area contributed by atoms with E-state index in [0.717, 1.165) is 48.7 Å². The first kappa shape index (κ1) is 16.9. The molecule has 28 heavy (non-hydrogen) atoms. The summed E-state index contributed by atoms with van der Waals surface area (Å²) in [6.45, 7) is 2.92. The van der Waals surface area contributed by atoms with Gasteiger partial charge in [-0.3, -0.25) is 9.36 Å². The Labute approximate surface area is 163 Å². The number of rotatable bonds is 3. The molecule has 2 aromatic heterocycles. The lowest BCUT2D eigenvalue weighted by Crippen LogP contribution is -2.59. The van der Waals surface area contributed by atoms with Gasteiger partial charge in [0.2, 0.25) is 5.95 Å². The average molecular weight is 374 g/mol. The van der Waals surface area contributed by atoms with Gasteiger partial charge in [-0.1, -0.05) is 37.3 Å². The molecule has 7 nitrogen and oxygen atoms in total.